The molecule has 4 N–H and O–H groups in total. The molecule has 5 nitrogen and oxygen atoms in total. The largest absolute Gasteiger partial charge is 0.480 e. The Labute approximate surface area is 110 Å². The van der Waals surface area contributed by atoms with Gasteiger partial charge in [-0.05, 0) is 24.7 Å². The molecular formula is C12H19N3O2S. The molecule has 0 bridgehead atoms. The zero-order chi connectivity index (χ0) is 13.3. The van der Waals surface area contributed by atoms with Crippen LogP contribution in [0.15, 0.2) is 5.38 Å². The van der Waals surface area contributed by atoms with E-state index in [2.05, 4.69) is 24.1 Å². The van der Waals surface area contributed by atoms with Crippen molar-refractivity contribution < 1.29 is 9.90 Å². The summed E-state index contributed by atoms with van der Waals surface area (Å²) in [6.07, 6.45) is 2.37. The normalized spacial score (nSPS) is 29.2. The lowest BCUT2D eigenvalue weighted by atomic mass is 9.98. The predicted molar refractivity (Wildman–Crippen MR) is 71.7 cm³/mol. The molecule has 1 saturated carbocycles. The standard InChI is InChI=1S/C12H19N3O2S/c1-6-3-4-8(7(6)2)14-12-15-9(5-18-12)10(13)11(16)17/h5-8,10H,3-4,13H2,1-2H3,(H,14,15)(H,16,17). The quantitative estimate of drug-likeness (QED) is 0.778. The molecular weight excluding hydrogens is 250 g/mol. The van der Waals surface area contributed by atoms with E-state index in [1.165, 1.54) is 17.8 Å². The van der Waals surface area contributed by atoms with E-state index in [0.717, 1.165) is 17.5 Å². The summed E-state index contributed by atoms with van der Waals surface area (Å²) in [5.41, 5.74) is 5.95. The van der Waals surface area contributed by atoms with Crippen LogP contribution in [0.2, 0.25) is 0 Å². The minimum atomic E-state index is -1.05. The first-order valence-corrected chi connectivity index (χ1v) is 7.07. The average Bonchev–Trinajstić information content (AvgIpc) is 2.90. The van der Waals surface area contributed by atoms with Gasteiger partial charge in [-0.15, -0.1) is 11.3 Å². The monoisotopic (exact) mass is 269 g/mol. The number of aliphatic carboxylic acids is 1. The number of aromatic nitrogens is 1. The highest BCUT2D eigenvalue weighted by Gasteiger charge is 2.30. The van der Waals surface area contributed by atoms with Crippen molar-refractivity contribution in [3.63, 3.8) is 0 Å². The summed E-state index contributed by atoms with van der Waals surface area (Å²) >= 11 is 1.42. The fourth-order valence-corrected chi connectivity index (χ4v) is 3.16. The number of hydrogen-bond donors (Lipinski definition) is 3. The lowest BCUT2D eigenvalue weighted by Crippen LogP contribution is -2.24. The molecule has 4 unspecified atom stereocenters. The van der Waals surface area contributed by atoms with Gasteiger partial charge in [0, 0.05) is 11.4 Å². The van der Waals surface area contributed by atoms with Crippen molar-refractivity contribution in [1.29, 1.82) is 0 Å². The van der Waals surface area contributed by atoms with E-state index in [-0.39, 0.29) is 0 Å². The minimum absolute atomic E-state index is 0.425. The Hall–Kier alpha value is -1.14. The third-order valence-electron chi connectivity index (χ3n) is 3.88. The highest BCUT2D eigenvalue weighted by molar-refractivity contribution is 7.13. The molecule has 1 aromatic rings. The zero-order valence-electron chi connectivity index (χ0n) is 10.6. The number of anilines is 1. The van der Waals surface area contributed by atoms with Gasteiger partial charge >= 0.3 is 5.97 Å². The number of carboxylic acids is 1. The fraction of sp³-hybridized carbons (Fsp3) is 0.667. The number of nitrogens with one attached hydrogen (secondary N) is 1. The maximum Gasteiger partial charge on any atom is 0.326 e. The van der Waals surface area contributed by atoms with Crippen LogP contribution in [0.25, 0.3) is 0 Å². The van der Waals surface area contributed by atoms with Crippen LogP contribution in [0.1, 0.15) is 38.4 Å². The second kappa shape index (κ2) is 5.24. The summed E-state index contributed by atoms with van der Waals surface area (Å²) in [4.78, 5) is 15.0. The van der Waals surface area contributed by atoms with E-state index in [1.807, 2.05) is 0 Å². The molecule has 0 radical (unpaired) electrons. The third-order valence-corrected chi connectivity index (χ3v) is 4.67. The highest BCUT2D eigenvalue weighted by Crippen LogP contribution is 2.34. The Morgan fingerprint density at radius 2 is 2.33 bits per heavy atom. The molecule has 18 heavy (non-hydrogen) atoms. The van der Waals surface area contributed by atoms with Crippen LogP contribution in [0.3, 0.4) is 0 Å². The van der Waals surface area contributed by atoms with E-state index >= 15 is 0 Å². The third kappa shape index (κ3) is 2.64. The number of carboxylic acid groups (broad SMARTS) is 1. The van der Waals surface area contributed by atoms with Gasteiger partial charge in [-0.25, -0.2) is 4.98 Å². The lowest BCUT2D eigenvalue weighted by Gasteiger charge is -2.18. The number of nitrogens with two attached hydrogens (primary N) is 1. The Morgan fingerprint density at radius 3 is 2.89 bits per heavy atom. The Bertz CT molecular complexity index is 435. The number of carbonyl (C=O) groups is 1. The van der Waals surface area contributed by atoms with Crippen LogP contribution in [0.4, 0.5) is 5.13 Å². The van der Waals surface area contributed by atoms with E-state index in [4.69, 9.17) is 10.8 Å². The Morgan fingerprint density at radius 1 is 1.61 bits per heavy atom. The van der Waals surface area contributed by atoms with Crippen molar-refractivity contribution in [2.24, 2.45) is 17.6 Å². The molecule has 1 fully saturated rings. The van der Waals surface area contributed by atoms with Gasteiger partial charge in [-0.3, -0.25) is 4.79 Å². The molecule has 1 aliphatic carbocycles. The maximum atomic E-state index is 10.8. The smallest absolute Gasteiger partial charge is 0.326 e. The molecule has 0 aromatic carbocycles. The molecule has 1 heterocycles. The van der Waals surface area contributed by atoms with Crippen LogP contribution in [0, 0.1) is 11.8 Å². The van der Waals surface area contributed by atoms with Crippen molar-refractivity contribution >= 4 is 22.4 Å². The van der Waals surface area contributed by atoms with Gasteiger partial charge < -0.3 is 16.2 Å². The predicted octanol–water partition coefficient (Wildman–Crippen LogP) is 2.07. The lowest BCUT2D eigenvalue weighted by molar-refractivity contribution is -0.138. The van der Waals surface area contributed by atoms with E-state index < -0.39 is 12.0 Å². The molecule has 6 heteroatoms. The van der Waals surface area contributed by atoms with Crippen molar-refractivity contribution in [3.8, 4) is 0 Å². The van der Waals surface area contributed by atoms with E-state index in [0.29, 0.717) is 17.7 Å². The summed E-state index contributed by atoms with van der Waals surface area (Å²) in [6.45, 7) is 4.51. The van der Waals surface area contributed by atoms with Gasteiger partial charge in [0.15, 0.2) is 5.13 Å². The summed E-state index contributed by atoms with van der Waals surface area (Å²) in [5, 5.41) is 14.7. The van der Waals surface area contributed by atoms with Crippen molar-refractivity contribution in [2.75, 3.05) is 5.32 Å². The number of thiazole rings is 1. The number of rotatable bonds is 4. The molecule has 0 aliphatic heterocycles. The molecule has 2 rings (SSSR count). The van der Waals surface area contributed by atoms with Crippen molar-refractivity contribution in [2.45, 2.75) is 38.8 Å². The number of nitrogens with zero attached hydrogens (tertiary/aromatic N) is 1. The first-order valence-electron chi connectivity index (χ1n) is 6.19. The Balaban J connectivity index is 2.01. The van der Waals surface area contributed by atoms with Gasteiger partial charge in [0.2, 0.25) is 0 Å². The SMILES string of the molecule is CC1CCC(Nc2nc(C(N)C(=O)O)cs2)C1C. The van der Waals surface area contributed by atoms with E-state index in [1.54, 1.807) is 5.38 Å². The van der Waals surface area contributed by atoms with Crippen molar-refractivity contribution in [3.05, 3.63) is 11.1 Å². The van der Waals surface area contributed by atoms with Crippen LogP contribution in [0.5, 0.6) is 0 Å². The minimum Gasteiger partial charge on any atom is -0.480 e. The molecule has 1 aliphatic rings. The van der Waals surface area contributed by atoms with Crippen LogP contribution in [-0.2, 0) is 4.79 Å². The first-order chi connectivity index (χ1) is 8.49. The second-order valence-electron chi connectivity index (χ2n) is 5.06. The zero-order valence-corrected chi connectivity index (χ0v) is 11.4. The summed E-state index contributed by atoms with van der Waals surface area (Å²) in [5.74, 6) is 0.295. The van der Waals surface area contributed by atoms with Crippen molar-refractivity contribution in [1.82, 2.24) is 4.98 Å². The highest BCUT2D eigenvalue weighted by atomic mass is 32.1. The van der Waals surface area contributed by atoms with Gasteiger partial charge in [0.25, 0.3) is 0 Å². The second-order valence-corrected chi connectivity index (χ2v) is 5.92. The van der Waals surface area contributed by atoms with Gasteiger partial charge in [0.05, 0.1) is 5.69 Å². The molecule has 100 valence electrons. The average molecular weight is 269 g/mol. The molecule has 0 amide bonds. The molecule has 0 spiro atoms. The van der Waals surface area contributed by atoms with Gasteiger partial charge in [-0.2, -0.15) is 0 Å². The summed E-state index contributed by atoms with van der Waals surface area (Å²) in [6, 6.07) is -0.600. The van der Waals surface area contributed by atoms with E-state index in [9.17, 15) is 4.79 Å². The molecule has 4 atom stereocenters. The molecule has 1 aromatic heterocycles. The first kappa shape index (κ1) is 13.3. The fourth-order valence-electron chi connectivity index (χ4n) is 2.35. The topological polar surface area (TPSA) is 88.2 Å². The summed E-state index contributed by atoms with van der Waals surface area (Å²) < 4.78 is 0. The van der Waals surface area contributed by atoms with Gasteiger partial charge in [-0.1, -0.05) is 13.8 Å². The van der Waals surface area contributed by atoms with Crippen LogP contribution in [-0.4, -0.2) is 22.1 Å². The summed E-state index contributed by atoms with van der Waals surface area (Å²) in [7, 11) is 0. The maximum absolute atomic E-state index is 10.8. The van der Waals surface area contributed by atoms with Crippen LogP contribution >= 0.6 is 11.3 Å². The molecule has 0 saturated heterocycles. The van der Waals surface area contributed by atoms with Crippen LogP contribution < -0.4 is 11.1 Å². The number of hydrogen-bond acceptors (Lipinski definition) is 5. The van der Waals surface area contributed by atoms with Gasteiger partial charge in [0.1, 0.15) is 6.04 Å². The Kier molecular flexibility index (Phi) is 3.87.